The highest BCUT2D eigenvalue weighted by atomic mass is 32.2. The van der Waals surface area contributed by atoms with Gasteiger partial charge in [-0.25, -0.2) is 13.6 Å². The predicted molar refractivity (Wildman–Crippen MR) is 94.6 cm³/mol. The van der Waals surface area contributed by atoms with Crippen LogP contribution in [0.15, 0.2) is 53.4 Å². The first-order chi connectivity index (χ1) is 11.8. The van der Waals surface area contributed by atoms with Crippen molar-refractivity contribution in [3.8, 4) is 0 Å². The average molecular weight is 361 g/mol. The van der Waals surface area contributed by atoms with E-state index in [9.17, 15) is 18.0 Å². The summed E-state index contributed by atoms with van der Waals surface area (Å²) in [6, 6.07) is 12.8. The zero-order valence-electron chi connectivity index (χ0n) is 13.7. The van der Waals surface area contributed by atoms with E-state index >= 15 is 0 Å². The Morgan fingerprint density at radius 2 is 1.60 bits per heavy atom. The number of carbonyl (C=O) groups excluding carboxylic acids is 2. The molecule has 0 spiro atoms. The van der Waals surface area contributed by atoms with Crippen LogP contribution in [0.2, 0.25) is 0 Å². The van der Waals surface area contributed by atoms with Gasteiger partial charge in [-0.3, -0.25) is 9.59 Å². The Labute approximate surface area is 146 Å². The zero-order valence-corrected chi connectivity index (χ0v) is 14.5. The third-order valence-corrected chi connectivity index (χ3v) is 4.42. The maximum atomic E-state index is 11.8. The van der Waals surface area contributed by atoms with Gasteiger partial charge in [-0.2, -0.15) is 0 Å². The molecule has 0 atom stereocenters. The number of primary sulfonamides is 1. The molecule has 25 heavy (non-hydrogen) atoms. The molecule has 0 radical (unpaired) electrons. The van der Waals surface area contributed by atoms with Gasteiger partial charge in [0.15, 0.2) is 5.78 Å². The van der Waals surface area contributed by atoms with Crippen LogP contribution in [0.4, 0.5) is 5.69 Å². The molecule has 2 rings (SSSR count). The number of sulfonamides is 1. The number of nitrogens with one attached hydrogen (secondary N) is 2. The van der Waals surface area contributed by atoms with Gasteiger partial charge in [-0.05, 0) is 48.9 Å². The van der Waals surface area contributed by atoms with Crippen LogP contribution in [-0.2, 0) is 21.4 Å². The number of benzene rings is 2. The molecule has 2 aromatic carbocycles. The molecule has 0 unspecified atom stereocenters. The largest absolute Gasteiger partial charge is 0.376 e. The van der Waals surface area contributed by atoms with Gasteiger partial charge in [0.1, 0.15) is 0 Å². The molecular weight excluding hydrogens is 342 g/mol. The van der Waals surface area contributed by atoms with E-state index in [4.69, 9.17) is 5.14 Å². The van der Waals surface area contributed by atoms with E-state index in [0.29, 0.717) is 5.56 Å². The monoisotopic (exact) mass is 361 g/mol. The predicted octanol–water partition coefficient (Wildman–Crippen LogP) is 1.26. The lowest BCUT2D eigenvalue weighted by Gasteiger charge is -2.08. The second-order valence-corrected chi connectivity index (χ2v) is 7.01. The van der Waals surface area contributed by atoms with Crippen molar-refractivity contribution in [3.63, 3.8) is 0 Å². The Bertz CT molecular complexity index is 860. The smallest absolute Gasteiger partial charge is 0.239 e. The number of ketones is 1. The maximum Gasteiger partial charge on any atom is 0.239 e. The molecule has 0 saturated heterocycles. The SMILES string of the molecule is CC(=O)c1ccc(NCC(=O)NCc2ccc(S(N)(=O)=O)cc2)cc1. The minimum absolute atomic E-state index is 0.0160. The molecule has 0 aliphatic rings. The summed E-state index contributed by atoms with van der Waals surface area (Å²) in [7, 11) is -3.72. The fraction of sp³-hybridized carbons (Fsp3) is 0.176. The van der Waals surface area contributed by atoms with Crippen LogP contribution in [0.5, 0.6) is 0 Å². The van der Waals surface area contributed by atoms with Gasteiger partial charge >= 0.3 is 0 Å². The van der Waals surface area contributed by atoms with E-state index in [-0.39, 0.29) is 29.7 Å². The number of carbonyl (C=O) groups is 2. The van der Waals surface area contributed by atoms with Crippen LogP contribution in [0.3, 0.4) is 0 Å². The van der Waals surface area contributed by atoms with Crippen LogP contribution in [0.25, 0.3) is 0 Å². The highest BCUT2D eigenvalue weighted by Crippen LogP contribution is 2.10. The molecule has 2 aromatic rings. The molecule has 0 saturated carbocycles. The third kappa shape index (κ3) is 5.70. The molecule has 0 bridgehead atoms. The first kappa shape index (κ1) is 18.6. The lowest BCUT2D eigenvalue weighted by molar-refractivity contribution is -0.119. The molecule has 0 heterocycles. The van der Waals surface area contributed by atoms with E-state index in [1.165, 1.54) is 19.1 Å². The highest BCUT2D eigenvalue weighted by Gasteiger charge is 2.07. The number of nitrogens with two attached hydrogens (primary N) is 1. The van der Waals surface area contributed by atoms with E-state index < -0.39 is 10.0 Å². The van der Waals surface area contributed by atoms with Gasteiger partial charge in [0.25, 0.3) is 0 Å². The van der Waals surface area contributed by atoms with Crippen LogP contribution >= 0.6 is 0 Å². The quantitative estimate of drug-likeness (QED) is 0.642. The van der Waals surface area contributed by atoms with Crippen LogP contribution < -0.4 is 15.8 Å². The number of amides is 1. The summed E-state index contributed by atoms with van der Waals surface area (Å²) >= 11 is 0. The van der Waals surface area contributed by atoms with Crippen molar-refractivity contribution >= 4 is 27.4 Å². The van der Waals surface area contributed by atoms with Crippen LogP contribution in [0.1, 0.15) is 22.8 Å². The summed E-state index contributed by atoms with van der Waals surface area (Å²) in [5.74, 6) is -0.232. The van der Waals surface area contributed by atoms with Crippen LogP contribution in [0, 0.1) is 0 Å². The molecule has 1 amide bonds. The molecule has 4 N–H and O–H groups in total. The van der Waals surface area contributed by atoms with Crippen molar-refractivity contribution in [1.29, 1.82) is 0 Å². The molecule has 0 fully saturated rings. The summed E-state index contributed by atoms with van der Waals surface area (Å²) < 4.78 is 22.3. The van der Waals surface area contributed by atoms with Crippen molar-refractivity contribution in [1.82, 2.24) is 5.32 Å². The van der Waals surface area contributed by atoms with E-state index in [0.717, 1.165) is 11.3 Å². The summed E-state index contributed by atoms with van der Waals surface area (Å²) in [6.07, 6.45) is 0. The summed E-state index contributed by atoms with van der Waals surface area (Å²) in [5, 5.41) is 10.7. The number of anilines is 1. The summed E-state index contributed by atoms with van der Waals surface area (Å²) in [4.78, 5) is 23.1. The summed E-state index contributed by atoms with van der Waals surface area (Å²) in [6.45, 7) is 1.84. The average Bonchev–Trinajstić information content (AvgIpc) is 2.58. The Morgan fingerprint density at radius 3 is 2.12 bits per heavy atom. The number of Topliss-reactive ketones (excluding diaryl/α,β-unsaturated/α-hetero) is 1. The third-order valence-electron chi connectivity index (χ3n) is 3.49. The van der Waals surface area contributed by atoms with Crippen LogP contribution in [-0.4, -0.2) is 26.7 Å². The summed E-state index contributed by atoms with van der Waals surface area (Å²) in [5.41, 5.74) is 2.10. The van der Waals surface area contributed by atoms with Crippen molar-refractivity contribution in [2.24, 2.45) is 5.14 Å². The topological polar surface area (TPSA) is 118 Å². The van der Waals surface area contributed by atoms with Crippen molar-refractivity contribution in [2.75, 3.05) is 11.9 Å². The Hall–Kier alpha value is -2.71. The van der Waals surface area contributed by atoms with Gasteiger partial charge in [-0.1, -0.05) is 12.1 Å². The van der Waals surface area contributed by atoms with E-state index in [2.05, 4.69) is 10.6 Å². The van der Waals surface area contributed by atoms with E-state index in [1.807, 2.05) is 0 Å². The Kier molecular flexibility index (Phi) is 5.89. The van der Waals surface area contributed by atoms with Crippen molar-refractivity contribution < 1.29 is 18.0 Å². The van der Waals surface area contributed by atoms with Crippen molar-refractivity contribution in [2.45, 2.75) is 18.4 Å². The van der Waals surface area contributed by atoms with Crippen molar-refractivity contribution in [3.05, 3.63) is 59.7 Å². The molecule has 7 nitrogen and oxygen atoms in total. The lowest BCUT2D eigenvalue weighted by Crippen LogP contribution is -2.29. The molecule has 132 valence electrons. The molecule has 0 aromatic heterocycles. The first-order valence-electron chi connectivity index (χ1n) is 7.49. The minimum atomic E-state index is -3.72. The normalized spacial score (nSPS) is 11.0. The van der Waals surface area contributed by atoms with Gasteiger partial charge in [0.05, 0.1) is 11.4 Å². The fourth-order valence-corrected chi connectivity index (χ4v) is 2.58. The first-order valence-corrected chi connectivity index (χ1v) is 9.03. The number of rotatable bonds is 7. The molecule has 0 aliphatic carbocycles. The highest BCUT2D eigenvalue weighted by molar-refractivity contribution is 7.89. The maximum absolute atomic E-state index is 11.8. The Balaban J connectivity index is 1.81. The second-order valence-electron chi connectivity index (χ2n) is 5.45. The fourth-order valence-electron chi connectivity index (χ4n) is 2.07. The van der Waals surface area contributed by atoms with Gasteiger partial charge < -0.3 is 10.6 Å². The zero-order chi connectivity index (χ0) is 18.4. The number of hydrogen-bond donors (Lipinski definition) is 3. The number of hydrogen-bond acceptors (Lipinski definition) is 5. The second kappa shape index (κ2) is 7.91. The van der Waals surface area contributed by atoms with Gasteiger partial charge in [-0.15, -0.1) is 0 Å². The molecular formula is C17H19N3O4S. The minimum Gasteiger partial charge on any atom is -0.376 e. The lowest BCUT2D eigenvalue weighted by atomic mass is 10.1. The molecule has 8 heteroatoms. The van der Waals surface area contributed by atoms with Gasteiger partial charge in [0.2, 0.25) is 15.9 Å². The van der Waals surface area contributed by atoms with E-state index in [1.54, 1.807) is 36.4 Å². The standard InChI is InChI=1S/C17H19N3O4S/c1-12(21)14-4-6-15(7-5-14)19-11-17(22)20-10-13-2-8-16(9-3-13)25(18,23)24/h2-9,19H,10-11H2,1H3,(H,20,22)(H2,18,23,24). The molecule has 0 aliphatic heterocycles. The Morgan fingerprint density at radius 1 is 1.00 bits per heavy atom. The van der Waals surface area contributed by atoms with Gasteiger partial charge in [0, 0.05) is 17.8 Å².